The summed E-state index contributed by atoms with van der Waals surface area (Å²) in [4.78, 5) is 22.2. The van der Waals surface area contributed by atoms with Crippen molar-refractivity contribution in [1.82, 2.24) is 5.32 Å². The lowest BCUT2D eigenvalue weighted by Gasteiger charge is -2.23. The highest BCUT2D eigenvalue weighted by atomic mass is 35.5. The maximum Gasteiger partial charge on any atom is 0.352 e. The third-order valence-corrected chi connectivity index (χ3v) is 2.84. The van der Waals surface area contributed by atoms with E-state index in [1.165, 1.54) is 12.1 Å². The van der Waals surface area contributed by atoms with E-state index in [1.807, 2.05) is 0 Å². The molecule has 94 valence electrons. The van der Waals surface area contributed by atoms with E-state index in [0.717, 1.165) is 12.1 Å². The number of carbonyl (C=O) groups excluding carboxylic acids is 1. The highest BCUT2D eigenvalue weighted by molar-refractivity contribution is 6.30. The van der Waals surface area contributed by atoms with E-state index in [4.69, 9.17) is 16.7 Å². The van der Waals surface area contributed by atoms with Gasteiger partial charge in [0.2, 0.25) is 0 Å². The SMILES string of the molecule is O=C1C=C(C(=O)O)NC(c2ccc(Cl)cc2F)C1. The van der Waals surface area contributed by atoms with Gasteiger partial charge in [-0.2, -0.15) is 0 Å². The van der Waals surface area contributed by atoms with Crippen LogP contribution in [0.1, 0.15) is 18.0 Å². The number of nitrogens with one attached hydrogen (secondary N) is 1. The predicted molar refractivity (Wildman–Crippen MR) is 62.6 cm³/mol. The molecule has 0 radical (unpaired) electrons. The molecule has 1 heterocycles. The summed E-state index contributed by atoms with van der Waals surface area (Å²) in [5.41, 5.74) is -0.00907. The van der Waals surface area contributed by atoms with Gasteiger partial charge in [0.1, 0.15) is 11.5 Å². The van der Waals surface area contributed by atoms with Gasteiger partial charge < -0.3 is 10.4 Å². The first-order valence-corrected chi connectivity index (χ1v) is 5.54. The van der Waals surface area contributed by atoms with Gasteiger partial charge >= 0.3 is 5.97 Å². The molecular weight excluding hydrogens is 261 g/mol. The van der Waals surface area contributed by atoms with Crippen LogP contribution in [0.2, 0.25) is 5.02 Å². The van der Waals surface area contributed by atoms with Gasteiger partial charge in [-0.1, -0.05) is 17.7 Å². The molecule has 0 spiro atoms. The lowest BCUT2D eigenvalue weighted by atomic mass is 9.97. The molecule has 2 N–H and O–H groups in total. The minimum absolute atomic E-state index is 0.00926. The molecule has 2 rings (SSSR count). The maximum atomic E-state index is 13.7. The highest BCUT2D eigenvalue weighted by Gasteiger charge is 2.26. The summed E-state index contributed by atoms with van der Waals surface area (Å²) < 4.78 is 13.7. The minimum Gasteiger partial charge on any atom is -0.477 e. The van der Waals surface area contributed by atoms with Crippen molar-refractivity contribution in [2.24, 2.45) is 0 Å². The molecule has 1 aromatic carbocycles. The number of carboxylic acids is 1. The first-order valence-electron chi connectivity index (χ1n) is 5.16. The van der Waals surface area contributed by atoms with E-state index in [1.54, 1.807) is 0 Å². The van der Waals surface area contributed by atoms with Gasteiger partial charge in [-0.25, -0.2) is 9.18 Å². The molecule has 0 saturated heterocycles. The molecule has 0 bridgehead atoms. The second-order valence-corrected chi connectivity index (χ2v) is 4.33. The molecule has 6 heteroatoms. The van der Waals surface area contributed by atoms with Crippen LogP contribution >= 0.6 is 11.6 Å². The number of aliphatic carboxylic acids is 1. The van der Waals surface area contributed by atoms with Crippen LogP contribution in [0.25, 0.3) is 0 Å². The zero-order chi connectivity index (χ0) is 13.3. The zero-order valence-corrected chi connectivity index (χ0v) is 9.87. The van der Waals surface area contributed by atoms with Crippen LogP contribution in [0, 0.1) is 5.82 Å². The van der Waals surface area contributed by atoms with E-state index in [-0.39, 0.29) is 28.5 Å². The van der Waals surface area contributed by atoms with E-state index in [9.17, 15) is 14.0 Å². The highest BCUT2D eigenvalue weighted by Crippen LogP contribution is 2.26. The number of hydrogen-bond donors (Lipinski definition) is 2. The number of carbonyl (C=O) groups is 2. The van der Waals surface area contributed by atoms with Gasteiger partial charge in [0.05, 0.1) is 6.04 Å². The summed E-state index contributed by atoms with van der Waals surface area (Å²) in [6.45, 7) is 0. The van der Waals surface area contributed by atoms with Crippen molar-refractivity contribution >= 4 is 23.4 Å². The van der Waals surface area contributed by atoms with Gasteiger partial charge in [0.15, 0.2) is 5.78 Å². The van der Waals surface area contributed by atoms with Crippen molar-refractivity contribution in [2.75, 3.05) is 0 Å². The number of rotatable bonds is 2. The Labute approximate surface area is 107 Å². The molecule has 18 heavy (non-hydrogen) atoms. The second-order valence-electron chi connectivity index (χ2n) is 3.90. The Bertz CT molecular complexity index is 556. The summed E-state index contributed by atoms with van der Waals surface area (Å²) in [5, 5.41) is 11.7. The van der Waals surface area contributed by atoms with Crippen LogP contribution < -0.4 is 5.32 Å². The van der Waals surface area contributed by atoms with Gasteiger partial charge in [0.25, 0.3) is 0 Å². The lowest BCUT2D eigenvalue weighted by molar-refractivity contribution is -0.134. The molecule has 4 nitrogen and oxygen atoms in total. The predicted octanol–water partition coefficient (Wildman–Crippen LogP) is 2.05. The molecule has 1 unspecified atom stereocenters. The fourth-order valence-corrected chi connectivity index (χ4v) is 1.96. The van der Waals surface area contributed by atoms with Gasteiger partial charge in [-0.3, -0.25) is 4.79 Å². The zero-order valence-electron chi connectivity index (χ0n) is 9.11. The third-order valence-electron chi connectivity index (χ3n) is 2.61. The molecule has 0 saturated carbocycles. The Morgan fingerprint density at radius 3 is 2.83 bits per heavy atom. The quantitative estimate of drug-likeness (QED) is 0.862. The van der Waals surface area contributed by atoms with E-state index in [2.05, 4.69) is 5.32 Å². The van der Waals surface area contributed by atoms with Crippen molar-refractivity contribution in [1.29, 1.82) is 0 Å². The molecule has 0 amide bonds. The molecular formula is C12H9ClFNO3. The number of hydrogen-bond acceptors (Lipinski definition) is 3. The van der Waals surface area contributed by atoms with Crippen molar-refractivity contribution in [2.45, 2.75) is 12.5 Å². The number of benzene rings is 1. The summed E-state index contributed by atoms with van der Waals surface area (Å²) in [6.07, 6.45) is 1.02. The number of carboxylic acid groups (broad SMARTS) is 1. The van der Waals surface area contributed by atoms with Crippen LogP contribution in [-0.4, -0.2) is 16.9 Å². The summed E-state index contributed by atoms with van der Waals surface area (Å²) in [7, 11) is 0. The van der Waals surface area contributed by atoms with Gasteiger partial charge in [-0.15, -0.1) is 0 Å². The maximum absolute atomic E-state index is 13.7. The number of halogens is 2. The molecule has 1 aliphatic rings. The molecule has 1 aliphatic heterocycles. The third kappa shape index (κ3) is 2.51. The Balaban J connectivity index is 2.33. The molecule has 1 aromatic rings. The minimum atomic E-state index is -1.25. The fraction of sp³-hybridized carbons (Fsp3) is 0.167. The average molecular weight is 270 g/mol. The smallest absolute Gasteiger partial charge is 0.352 e. The van der Waals surface area contributed by atoms with E-state index in [0.29, 0.717) is 0 Å². The molecule has 0 fully saturated rings. The molecule has 0 aromatic heterocycles. The van der Waals surface area contributed by atoms with Gasteiger partial charge in [-0.05, 0) is 12.1 Å². The number of ketones is 1. The Morgan fingerprint density at radius 2 is 2.22 bits per heavy atom. The fourth-order valence-electron chi connectivity index (χ4n) is 1.80. The van der Waals surface area contributed by atoms with Crippen molar-refractivity contribution < 1.29 is 19.1 Å². The van der Waals surface area contributed by atoms with Crippen molar-refractivity contribution in [3.63, 3.8) is 0 Å². The largest absolute Gasteiger partial charge is 0.477 e. The standard InChI is InChI=1S/C12H9ClFNO3/c13-6-1-2-8(9(14)3-6)10-4-7(16)5-11(15-10)12(17)18/h1-3,5,10,15H,4H2,(H,17,18). The Kier molecular flexibility index (Phi) is 3.34. The monoisotopic (exact) mass is 269 g/mol. The van der Waals surface area contributed by atoms with Crippen molar-refractivity contribution in [3.8, 4) is 0 Å². The first kappa shape index (κ1) is 12.6. The lowest BCUT2D eigenvalue weighted by Crippen LogP contribution is -2.32. The second kappa shape index (κ2) is 4.78. The van der Waals surface area contributed by atoms with Crippen LogP contribution in [0.3, 0.4) is 0 Å². The Hall–Kier alpha value is -1.88. The van der Waals surface area contributed by atoms with Gasteiger partial charge in [0, 0.05) is 23.1 Å². The number of allylic oxidation sites excluding steroid dienone is 1. The van der Waals surface area contributed by atoms with E-state index < -0.39 is 17.8 Å². The summed E-state index contributed by atoms with van der Waals surface area (Å²) in [6, 6.07) is 3.37. The molecule has 1 atom stereocenters. The van der Waals surface area contributed by atoms with Crippen LogP contribution in [0.4, 0.5) is 4.39 Å². The normalized spacial score (nSPS) is 19.1. The first-order chi connectivity index (χ1) is 8.47. The van der Waals surface area contributed by atoms with Crippen LogP contribution in [0.15, 0.2) is 30.0 Å². The Morgan fingerprint density at radius 1 is 1.50 bits per heavy atom. The van der Waals surface area contributed by atoms with Crippen LogP contribution in [-0.2, 0) is 9.59 Å². The molecule has 0 aliphatic carbocycles. The summed E-state index contributed by atoms with van der Waals surface area (Å²) in [5.74, 6) is -2.17. The summed E-state index contributed by atoms with van der Waals surface area (Å²) >= 11 is 5.63. The van der Waals surface area contributed by atoms with Crippen LogP contribution in [0.5, 0.6) is 0 Å². The van der Waals surface area contributed by atoms with E-state index >= 15 is 0 Å². The topological polar surface area (TPSA) is 66.4 Å². The average Bonchev–Trinajstić information content (AvgIpc) is 2.27. The van der Waals surface area contributed by atoms with Crippen molar-refractivity contribution in [3.05, 3.63) is 46.4 Å².